The molecule has 0 amide bonds. The van der Waals surface area contributed by atoms with Gasteiger partial charge < -0.3 is 4.52 Å². The van der Waals surface area contributed by atoms with Crippen LogP contribution in [0.5, 0.6) is 0 Å². The van der Waals surface area contributed by atoms with E-state index in [-0.39, 0.29) is 6.04 Å². The van der Waals surface area contributed by atoms with Crippen LogP contribution in [0, 0.1) is 20.8 Å². The summed E-state index contributed by atoms with van der Waals surface area (Å²) in [6, 6.07) is 12.3. The summed E-state index contributed by atoms with van der Waals surface area (Å²) in [6.45, 7) is 8.00. The van der Waals surface area contributed by atoms with E-state index in [0.717, 1.165) is 56.1 Å². The second-order valence-electron chi connectivity index (χ2n) is 7.54. The van der Waals surface area contributed by atoms with Crippen molar-refractivity contribution in [2.75, 3.05) is 0 Å². The summed E-state index contributed by atoms with van der Waals surface area (Å²) in [7, 11) is 0. The van der Waals surface area contributed by atoms with Crippen LogP contribution in [0.3, 0.4) is 0 Å². The van der Waals surface area contributed by atoms with Crippen LogP contribution in [0.2, 0.25) is 0 Å². The molecule has 0 radical (unpaired) electrons. The van der Waals surface area contributed by atoms with Gasteiger partial charge in [0, 0.05) is 28.9 Å². The average molecular weight is 398 g/mol. The van der Waals surface area contributed by atoms with E-state index in [0.29, 0.717) is 0 Å². The lowest BCUT2D eigenvalue weighted by Crippen LogP contribution is -2.10. The number of hydrogen-bond donors (Lipinski definition) is 1. The highest BCUT2D eigenvalue weighted by Gasteiger charge is 2.21. The number of H-pyrrole nitrogens is 1. The van der Waals surface area contributed by atoms with Gasteiger partial charge in [0.2, 0.25) is 0 Å². The number of rotatable bonds is 4. The normalized spacial score (nSPS) is 12.5. The van der Waals surface area contributed by atoms with Crippen molar-refractivity contribution in [3.8, 4) is 22.4 Å². The van der Waals surface area contributed by atoms with Crippen molar-refractivity contribution in [2.24, 2.45) is 0 Å². The zero-order chi connectivity index (χ0) is 20.8. The van der Waals surface area contributed by atoms with Gasteiger partial charge in [0.25, 0.3) is 0 Å². The van der Waals surface area contributed by atoms with Gasteiger partial charge in [-0.15, -0.1) is 0 Å². The van der Waals surface area contributed by atoms with Crippen molar-refractivity contribution in [1.29, 1.82) is 0 Å². The second kappa shape index (κ2) is 6.95. The average Bonchev–Trinajstić information content (AvgIpc) is 3.44. The van der Waals surface area contributed by atoms with Crippen LogP contribution in [-0.2, 0) is 0 Å². The molecule has 30 heavy (non-hydrogen) atoms. The fourth-order valence-corrected chi connectivity index (χ4v) is 4.03. The minimum Gasteiger partial charge on any atom is -0.361 e. The van der Waals surface area contributed by atoms with Crippen LogP contribution in [0.15, 0.2) is 53.3 Å². The Morgan fingerprint density at radius 2 is 1.93 bits per heavy atom. The van der Waals surface area contributed by atoms with Crippen molar-refractivity contribution >= 4 is 10.9 Å². The molecule has 0 fully saturated rings. The van der Waals surface area contributed by atoms with Gasteiger partial charge in [-0.25, -0.2) is 0 Å². The molecule has 7 nitrogen and oxygen atoms in total. The minimum atomic E-state index is -0.0328. The first kappa shape index (κ1) is 18.3. The van der Waals surface area contributed by atoms with Crippen molar-refractivity contribution in [3.63, 3.8) is 0 Å². The highest BCUT2D eigenvalue weighted by Crippen LogP contribution is 2.36. The summed E-state index contributed by atoms with van der Waals surface area (Å²) < 4.78 is 7.44. The number of aromatic nitrogens is 6. The molecule has 0 aliphatic heterocycles. The van der Waals surface area contributed by atoms with E-state index in [2.05, 4.69) is 45.5 Å². The van der Waals surface area contributed by atoms with Gasteiger partial charge >= 0.3 is 0 Å². The predicted molar refractivity (Wildman–Crippen MR) is 115 cm³/mol. The number of nitrogens with one attached hydrogen (secondary N) is 1. The topological polar surface area (TPSA) is 85.4 Å². The Balaban J connectivity index is 1.77. The highest BCUT2D eigenvalue weighted by atomic mass is 16.5. The predicted octanol–water partition coefficient (Wildman–Crippen LogP) is 5.01. The molecular weight excluding hydrogens is 376 g/mol. The third-order valence-corrected chi connectivity index (χ3v) is 5.60. The monoisotopic (exact) mass is 398 g/mol. The van der Waals surface area contributed by atoms with E-state index >= 15 is 0 Å². The number of aryl methyl sites for hydroxylation is 3. The van der Waals surface area contributed by atoms with E-state index in [1.807, 2.05) is 56.0 Å². The smallest absolute Gasteiger partial charge is 0.141 e. The molecule has 4 aromatic heterocycles. The number of fused-ring (bicyclic) bond motifs is 1. The van der Waals surface area contributed by atoms with E-state index in [9.17, 15) is 0 Å². The Kier molecular flexibility index (Phi) is 4.24. The van der Waals surface area contributed by atoms with E-state index in [1.54, 1.807) is 0 Å². The molecule has 4 heterocycles. The first-order valence-electron chi connectivity index (χ1n) is 9.91. The summed E-state index contributed by atoms with van der Waals surface area (Å²) in [5.74, 6) is 0.807. The molecular formula is C23H22N6O. The number of aromatic amines is 1. The second-order valence-corrected chi connectivity index (χ2v) is 7.54. The molecule has 1 aromatic carbocycles. The Labute approximate surface area is 173 Å². The molecule has 0 bridgehead atoms. The Morgan fingerprint density at radius 1 is 1.07 bits per heavy atom. The summed E-state index contributed by atoms with van der Waals surface area (Å²) in [5.41, 5.74) is 7.77. The zero-order valence-corrected chi connectivity index (χ0v) is 17.3. The first-order valence-corrected chi connectivity index (χ1v) is 9.91. The van der Waals surface area contributed by atoms with Crippen molar-refractivity contribution < 1.29 is 4.52 Å². The van der Waals surface area contributed by atoms with Crippen LogP contribution in [0.1, 0.15) is 35.8 Å². The first-order chi connectivity index (χ1) is 14.5. The summed E-state index contributed by atoms with van der Waals surface area (Å²) in [4.78, 5) is 4.55. The van der Waals surface area contributed by atoms with E-state index in [1.165, 1.54) is 0 Å². The minimum absolute atomic E-state index is 0.0328. The highest BCUT2D eigenvalue weighted by molar-refractivity contribution is 5.96. The standard InChI is InChI=1S/C23H22N6O/c1-13-19(12-25-26-13)23-18-9-8-17(22-14(2)28-30-16(22)4)11-21(18)29(27-23)15(3)20-7-5-6-10-24-20/h5-12,15H,1-4H3,(H,25,26)/t15-/m0/s1. The molecule has 0 saturated heterocycles. The Hall–Kier alpha value is -3.74. The maximum Gasteiger partial charge on any atom is 0.141 e. The van der Waals surface area contributed by atoms with Gasteiger partial charge in [0.15, 0.2) is 0 Å². The number of hydrogen-bond acceptors (Lipinski definition) is 5. The van der Waals surface area contributed by atoms with Crippen molar-refractivity contribution in [3.05, 3.63) is 71.6 Å². The lowest BCUT2D eigenvalue weighted by Gasteiger charge is -2.13. The lowest BCUT2D eigenvalue weighted by molar-refractivity contribution is 0.393. The quantitative estimate of drug-likeness (QED) is 0.460. The fourth-order valence-electron chi connectivity index (χ4n) is 4.03. The van der Waals surface area contributed by atoms with Gasteiger partial charge in [-0.1, -0.05) is 17.3 Å². The summed E-state index contributed by atoms with van der Waals surface area (Å²) in [5, 5.41) is 17.4. The summed E-state index contributed by atoms with van der Waals surface area (Å²) in [6.07, 6.45) is 3.71. The maximum absolute atomic E-state index is 5.39. The third-order valence-electron chi connectivity index (χ3n) is 5.60. The third kappa shape index (κ3) is 2.82. The molecule has 5 aromatic rings. The van der Waals surface area contributed by atoms with Gasteiger partial charge in [0.1, 0.15) is 11.5 Å². The molecule has 7 heteroatoms. The zero-order valence-electron chi connectivity index (χ0n) is 17.3. The number of pyridine rings is 1. The summed E-state index contributed by atoms with van der Waals surface area (Å²) >= 11 is 0. The molecule has 0 spiro atoms. The SMILES string of the molecule is Cc1n[nH]cc1-c1nn([C@@H](C)c2ccccn2)c2cc(-c3c(C)noc3C)ccc12. The van der Waals surface area contributed by atoms with Crippen LogP contribution in [0.25, 0.3) is 33.3 Å². The molecule has 0 aliphatic rings. The molecule has 5 rings (SSSR count). The van der Waals surface area contributed by atoms with Crippen molar-refractivity contribution in [1.82, 2.24) is 30.1 Å². The van der Waals surface area contributed by atoms with Crippen LogP contribution >= 0.6 is 0 Å². The Bertz CT molecular complexity index is 1330. The van der Waals surface area contributed by atoms with Gasteiger partial charge in [-0.3, -0.25) is 14.8 Å². The van der Waals surface area contributed by atoms with Gasteiger partial charge in [0.05, 0.1) is 28.6 Å². The van der Waals surface area contributed by atoms with Gasteiger partial charge in [-0.2, -0.15) is 10.2 Å². The van der Waals surface area contributed by atoms with Crippen LogP contribution in [-0.4, -0.2) is 30.1 Å². The largest absolute Gasteiger partial charge is 0.361 e. The molecule has 0 aliphatic carbocycles. The van der Waals surface area contributed by atoms with Crippen molar-refractivity contribution in [2.45, 2.75) is 33.7 Å². The van der Waals surface area contributed by atoms with Gasteiger partial charge in [-0.05, 0) is 57.5 Å². The fraction of sp³-hybridized carbons (Fsp3) is 0.217. The molecule has 0 saturated carbocycles. The van der Waals surface area contributed by atoms with Crippen LogP contribution in [0.4, 0.5) is 0 Å². The molecule has 150 valence electrons. The van der Waals surface area contributed by atoms with Crippen LogP contribution < -0.4 is 0 Å². The lowest BCUT2D eigenvalue weighted by atomic mass is 10.0. The molecule has 1 atom stereocenters. The Morgan fingerprint density at radius 3 is 2.60 bits per heavy atom. The molecule has 0 unspecified atom stereocenters. The van der Waals surface area contributed by atoms with E-state index < -0.39 is 0 Å². The van der Waals surface area contributed by atoms with E-state index in [4.69, 9.17) is 9.62 Å². The number of nitrogens with zero attached hydrogens (tertiary/aromatic N) is 5. The maximum atomic E-state index is 5.39. The molecule has 1 N–H and O–H groups in total. The number of benzene rings is 1.